The molecule has 0 aliphatic carbocycles. The van der Waals surface area contributed by atoms with Crippen molar-refractivity contribution in [2.45, 2.75) is 26.1 Å². The molecule has 150 valence electrons. The molecule has 0 saturated carbocycles. The SMILES string of the molecule is COc1cccc(C(=O)N2CCN(S(=O)(=O)N3CC(C)OC(C)C3)CC2)c1. The maximum atomic E-state index is 12.9. The van der Waals surface area contributed by atoms with Gasteiger partial charge in [0.1, 0.15) is 5.75 Å². The fraction of sp³-hybridized carbons (Fsp3) is 0.611. The monoisotopic (exact) mass is 397 g/mol. The van der Waals surface area contributed by atoms with Gasteiger partial charge < -0.3 is 14.4 Å². The molecule has 0 N–H and O–H groups in total. The van der Waals surface area contributed by atoms with E-state index in [-0.39, 0.29) is 31.2 Å². The highest BCUT2D eigenvalue weighted by Gasteiger charge is 2.37. The zero-order valence-corrected chi connectivity index (χ0v) is 16.8. The average molecular weight is 397 g/mol. The van der Waals surface area contributed by atoms with Gasteiger partial charge in [0.25, 0.3) is 16.1 Å². The minimum Gasteiger partial charge on any atom is -0.497 e. The van der Waals surface area contributed by atoms with E-state index in [1.54, 1.807) is 36.3 Å². The first-order chi connectivity index (χ1) is 12.8. The lowest BCUT2D eigenvalue weighted by molar-refractivity contribution is -0.0457. The van der Waals surface area contributed by atoms with Gasteiger partial charge in [-0.15, -0.1) is 0 Å². The van der Waals surface area contributed by atoms with Crippen LogP contribution in [-0.2, 0) is 14.9 Å². The highest BCUT2D eigenvalue weighted by Crippen LogP contribution is 2.20. The highest BCUT2D eigenvalue weighted by molar-refractivity contribution is 7.86. The summed E-state index contributed by atoms with van der Waals surface area (Å²) in [5, 5.41) is 0. The molecule has 1 aromatic carbocycles. The Morgan fingerprint density at radius 2 is 1.70 bits per heavy atom. The first-order valence-electron chi connectivity index (χ1n) is 9.15. The van der Waals surface area contributed by atoms with E-state index < -0.39 is 10.2 Å². The largest absolute Gasteiger partial charge is 0.497 e. The van der Waals surface area contributed by atoms with E-state index in [2.05, 4.69) is 0 Å². The first kappa shape index (κ1) is 20.1. The number of rotatable bonds is 4. The predicted molar refractivity (Wildman–Crippen MR) is 101 cm³/mol. The number of hydrogen-bond donors (Lipinski definition) is 0. The van der Waals surface area contributed by atoms with Crippen molar-refractivity contribution < 1.29 is 22.7 Å². The number of amides is 1. The maximum absolute atomic E-state index is 12.9. The molecule has 2 heterocycles. The minimum atomic E-state index is -3.55. The van der Waals surface area contributed by atoms with E-state index in [9.17, 15) is 13.2 Å². The van der Waals surface area contributed by atoms with Gasteiger partial charge >= 0.3 is 0 Å². The fourth-order valence-electron chi connectivity index (χ4n) is 3.54. The van der Waals surface area contributed by atoms with E-state index in [1.807, 2.05) is 13.8 Å². The third-order valence-electron chi connectivity index (χ3n) is 4.88. The molecule has 2 aliphatic heterocycles. The number of morpholine rings is 1. The van der Waals surface area contributed by atoms with Crippen LogP contribution in [0.5, 0.6) is 5.75 Å². The Kier molecular flexibility index (Phi) is 6.05. The number of ether oxygens (including phenoxy) is 2. The van der Waals surface area contributed by atoms with Gasteiger partial charge in [0, 0.05) is 44.8 Å². The van der Waals surface area contributed by atoms with Crippen LogP contribution in [0.1, 0.15) is 24.2 Å². The average Bonchev–Trinajstić information content (AvgIpc) is 2.67. The van der Waals surface area contributed by atoms with Crippen LogP contribution in [-0.4, -0.2) is 86.4 Å². The highest BCUT2D eigenvalue weighted by atomic mass is 32.2. The molecule has 0 bridgehead atoms. The van der Waals surface area contributed by atoms with Crippen LogP contribution in [0.15, 0.2) is 24.3 Å². The van der Waals surface area contributed by atoms with Crippen molar-refractivity contribution in [1.82, 2.24) is 13.5 Å². The summed E-state index contributed by atoms with van der Waals surface area (Å²) in [6, 6.07) is 6.99. The third kappa shape index (κ3) is 4.43. The van der Waals surface area contributed by atoms with E-state index in [0.29, 0.717) is 37.5 Å². The minimum absolute atomic E-state index is 0.112. The van der Waals surface area contributed by atoms with Gasteiger partial charge in [-0.2, -0.15) is 17.0 Å². The summed E-state index contributed by atoms with van der Waals surface area (Å²) in [6.07, 6.45) is -0.251. The van der Waals surface area contributed by atoms with Gasteiger partial charge in [0.15, 0.2) is 0 Å². The molecule has 0 aromatic heterocycles. The van der Waals surface area contributed by atoms with Crippen LogP contribution in [0, 0.1) is 0 Å². The Morgan fingerprint density at radius 3 is 2.30 bits per heavy atom. The van der Waals surface area contributed by atoms with Gasteiger partial charge in [-0.25, -0.2) is 0 Å². The van der Waals surface area contributed by atoms with Gasteiger partial charge in [-0.05, 0) is 32.0 Å². The molecule has 8 nitrogen and oxygen atoms in total. The maximum Gasteiger partial charge on any atom is 0.282 e. The van der Waals surface area contributed by atoms with Crippen molar-refractivity contribution in [3.63, 3.8) is 0 Å². The number of carbonyl (C=O) groups is 1. The van der Waals surface area contributed by atoms with Crippen molar-refractivity contribution >= 4 is 16.1 Å². The number of benzene rings is 1. The molecule has 2 fully saturated rings. The predicted octanol–water partition coefficient (Wildman–Crippen LogP) is 0.807. The summed E-state index contributed by atoms with van der Waals surface area (Å²) in [4.78, 5) is 14.4. The van der Waals surface area contributed by atoms with Crippen molar-refractivity contribution in [3.8, 4) is 5.75 Å². The number of nitrogens with zero attached hydrogens (tertiary/aromatic N) is 3. The van der Waals surface area contributed by atoms with Gasteiger partial charge in [-0.3, -0.25) is 4.79 Å². The second-order valence-electron chi connectivity index (χ2n) is 7.01. The van der Waals surface area contributed by atoms with Crippen LogP contribution in [0.4, 0.5) is 0 Å². The number of carbonyl (C=O) groups excluding carboxylic acids is 1. The lowest BCUT2D eigenvalue weighted by Gasteiger charge is -2.40. The lowest BCUT2D eigenvalue weighted by Crippen LogP contribution is -2.57. The van der Waals surface area contributed by atoms with Crippen LogP contribution in [0.25, 0.3) is 0 Å². The Labute approximate surface area is 160 Å². The molecule has 2 saturated heterocycles. The lowest BCUT2D eigenvalue weighted by atomic mass is 10.1. The van der Waals surface area contributed by atoms with Gasteiger partial charge in [0.05, 0.1) is 19.3 Å². The summed E-state index contributed by atoms with van der Waals surface area (Å²) in [5.74, 6) is 0.511. The summed E-state index contributed by atoms with van der Waals surface area (Å²) >= 11 is 0. The summed E-state index contributed by atoms with van der Waals surface area (Å²) < 4.78 is 39.6. The smallest absolute Gasteiger partial charge is 0.282 e. The Morgan fingerprint density at radius 1 is 1.07 bits per heavy atom. The second-order valence-corrected chi connectivity index (χ2v) is 8.93. The van der Waals surface area contributed by atoms with Gasteiger partial charge in [0.2, 0.25) is 0 Å². The Bertz CT molecular complexity index is 767. The van der Waals surface area contributed by atoms with Gasteiger partial charge in [-0.1, -0.05) is 6.07 Å². The fourth-order valence-corrected chi connectivity index (χ4v) is 5.29. The van der Waals surface area contributed by atoms with Crippen molar-refractivity contribution in [2.75, 3.05) is 46.4 Å². The zero-order valence-electron chi connectivity index (χ0n) is 16.0. The molecule has 2 aliphatic rings. The van der Waals surface area contributed by atoms with E-state index in [0.717, 1.165) is 0 Å². The second kappa shape index (κ2) is 8.14. The molecule has 3 rings (SSSR count). The number of methoxy groups -OCH3 is 1. The standard InChI is InChI=1S/C18H27N3O5S/c1-14-12-21(13-15(2)26-14)27(23,24)20-9-7-19(8-10-20)18(22)16-5-4-6-17(11-16)25-3/h4-6,11,14-15H,7-10,12-13H2,1-3H3. The molecule has 27 heavy (non-hydrogen) atoms. The summed E-state index contributed by atoms with van der Waals surface area (Å²) in [7, 11) is -1.99. The Balaban J connectivity index is 1.63. The third-order valence-corrected chi connectivity index (χ3v) is 6.85. The number of piperazine rings is 1. The van der Waals surface area contributed by atoms with E-state index >= 15 is 0 Å². The molecule has 1 aromatic rings. The first-order valence-corrected chi connectivity index (χ1v) is 10.5. The van der Waals surface area contributed by atoms with E-state index in [4.69, 9.17) is 9.47 Å². The summed E-state index contributed by atoms with van der Waals surface area (Å²) in [6.45, 7) is 5.78. The van der Waals surface area contributed by atoms with E-state index in [1.165, 1.54) is 8.61 Å². The Hall–Kier alpha value is -1.68. The van der Waals surface area contributed by atoms with Crippen LogP contribution < -0.4 is 4.74 Å². The van der Waals surface area contributed by atoms with Crippen molar-refractivity contribution in [1.29, 1.82) is 0 Å². The van der Waals surface area contributed by atoms with Crippen LogP contribution >= 0.6 is 0 Å². The molecule has 2 unspecified atom stereocenters. The number of hydrogen-bond acceptors (Lipinski definition) is 5. The molecule has 0 spiro atoms. The topological polar surface area (TPSA) is 79.4 Å². The zero-order chi connectivity index (χ0) is 19.6. The molecular formula is C18H27N3O5S. The van der Waals surface area contributed by atoms with Crippen molar-refractivity contribution in [2.24, 2.45) is 0 Å². The molecule has 1 amide bonds. The molecule has 0 radical (unpaired) electrons. The molecular weight excluding hydrogens is 370 g/mol. The summed E-state index contributed by atoms with van der Waals surface area (Å²) in [5.41, 5.74) is 0.543. The molecule has 2 atom stereocenters. The van der Waals surface area contributed by atoms with Crippen LogP contribution in [0.2, 0.25) is 0 Å². The normalized spacial score (nSPS) is 25.4. The van der Waals surface area contributed by atoms with Crippen LogP contribution in [0.3, 0.4) is 0 Å². The van der Waals surface area contributed by atoms with Crippen molar-refractivity contribution in [3.05, 3.63) is 29.8 Å². The quantitative estimate of drug-likeness (QED) is 0.751. The molecule has 9 heteroatoms.